The summed E-state index contributed by atoms with van der Waals surface area (Å²) in [4.78, 5) is 23.7. The van der Waals surface area contributed by atoms with E-state index in [1.807, 2.05) is 19.1 Å². The van der Waals surface area contributed by atoms with E-state index in [2.05, 4.69) is 26.6 Å². The number of carbonyl (C=O) groups excluding carboxylic acids is 2. The Kier molecular flexibility index (Phi) is 6.03. The number of aryl methyl sites for hydroxylation is 1. The largest absolute Gasteiger partial charge is 0.351 e. The summed E-state index contributed by atoms with van der Waals surface area (Å²) in [5.74, 6) is -2.69. The van der Waals surface area contributed by atoms with E-state index in [-0.39, 0.29) is 24.4 Å². The molecule has 0 aromatic heterocycles. The smallest absolute Gasteiger partial charge is 0.254 e. The molecule has 2 N–H and O–H groups in total. The first-order chi connectivity index (χ1) is 11.4. The molecule has 0 unspecified atom stereocenters. The summed E-state index contributed by atoms with van der Waals surface area (Å²) < 4.78 is 27.0. The lowest BCUT2D eigenvalue weighted by Gasteiger charge is -2.09. The molecule has 7 heteroatoms. The van der Waals surface area contributed by atoms with Gasteiger partial charge in [0, 0.05) is 23.5 Å². The molecule has 0 radical (unpaired) electrons. The second-order valence-corrected chi connectivity index (χ2v) is 6.02. The summed E-state index contributed by atoms with van der Waals surface area (Å²) in [5.41, 5.74) is 1.41. The normalized spacial score (nSPS) is 10.3. The van der Waals surface area contributed by atoms with E-state index in [1.54, 1.807) is 6.07 Å². The van der Waals surface area contributed by atoms with Crippen molar-refractivity contribution in [3.05, 3.63) is 63.6 Å². The fourth-order valence-electron chi connectivity index (χ4n) is 1.99. The summed E-state index contributed by atoms with van der Waals surface area (Å²) in [6.45, 7) is 1.96. The van der Waals surface area contributed by atoms with E-state index in [0.29, 0.717) is 11.8 Å². The number of halogens is 3. The highest BCUT2D eigenvalue weighted by Gasteiger charge is 2.13. The van der Waals surface area contributed by atoms with Crippen LogP contribution < -0.4 is 10.6 Å². The van der Waals surface area contributed by atoms with Crippen LogP contribution in [0.15, 0.2) is 40.9 Å². The number of carbonyl (C=O) groups is 2. The maximum Gasteiger partial charge on any atom is 0.254 e. The fourth-order valence-corrected chi connectivity index (χ4v) is 2.59. The van der Waals surface area contributed by atoms with Crippen molar-refractivity contribution in [2.75, 3.05) is 11.9 Å². The number of rotatable bonds is 5. The van der Waals surface area contributed by atoms with Crippen LogP contribution in [0.3, 0.4) is 0 Å². The number of hydrogen-bond donors (Lipinski definition) is 2. The van der Waals surface area contributed by atoms with Crippen LogP contribution in [-0.2, 0) is 4.79 Å². The maximum atomic E-state index is 13.5. The van der Waals surface area contributed by atoms with Gasteiger partial charge in [0.15, 0.2) is 0 Å². The van der Waals surface area contributed by atoms with Gasteiger partial charge in [-0.05, 0) is 52.7 Å². The Morgan fingerprint density at radius 2 is 1.88 bits per heavy atom. The summed E-state index contributed by atoms with van der Waals surface area (Å²) in [7, 11) is 0. The molecule has 2 aromatic rings. The van der Waals surface area contributed by atoms with Crippen LogP contribution in [0.25, 0.3) is 0 Å². The van der Waals surface area contributed by atoms with E-state index in [4.69, 9.17) is 0 Å². The second kappa shape index (κ2) is 8.01. The summed E-state index contributed by atoms with van der Waals surface area (Å²) >= 11 is 3.35. The van der Waals surface area contributed by atoms with Gasteiger partial charge in [0.1, 0.15) is 11.6 Å². The molecule has 0 aliphatic rings. The molecule has 0 fully saturated rings. The zero-order chi connectivity index (χ0) is 17.7. The van der Waals surface area contributed by atoms with Gasteiger partial charge in [0.25, 0.3) is 5.91 Å². The predicted octanol–water partition coefficient (Wildman–Crippen LogP) is 3.79. The minimum Gasteiger partial charge on any atom is -0.351 e. The van der Waals surface area contributed by atoms with Crippen LogP contribution in [-0.4, -0.2) is 18.4 Å². The highest BCUT2D eigenvalue weighted by atomic mass is 79.9. The first kappa shape index (κ1) is 18.1. The molecular formula is C17H15BrF2N2O2. The van der Waals surface area contributed by atoms with E-state index in [0.717, 1.165) is 22.2 Å². The Hall–Kier alpha value is -2.28. The van der Waals surface area contributed by atoms with Crippen molar-refractivity contribution < 1.29 is 18.4 Å². The van der Waals surface area contributed by atoms with Gasteiger partial charge < -0.3 is 10.6 Å². The first-order valence-corrected chi connectivity index (χ1v) is 7.95. The summed E-state index contributed by atoms with van der Waals surface area (Å²) in [6, 6.07) is 8.19. The van der Waals surface area contributed by atoms with Crippen molar-refractivity contribution in [2.24, 2.45) is 0 Å². The molecule has 24 heavy (non-hydrogen) atoms. The predicted molar refractivity (Wildman–Crippen MR) is 90.8 cm³/mol. The number of amides is 2. The molecule has 0 atom stereocenters. The Balaban J connectivity index is 1.85. The molecule has 2 rings (SSSR count). The van der Waals surface area contributed by atoms with E-state index < -0.39 is 17.5 Å². The number of nitrogens with one attached hydrogen (secondary N) is 2. The first-order valence-electron chi connectivity index (χ1n) is 7.16. The quantitative estimate of drug-likeness (QED) is 0.807. The molecule has 2 aromatic carbocycles. The monoisotopic (exact) mass is 396 g/mol. The average molecular weight is 397 g/mol. The molecule has 0 aliphatic carbocycles. The number of benzene rings is 2. The third-order valence-corrected chi connectivity index (χ3v) is 3.87. The molecule has 0 aliphatic heterocycles. The van der Waals surface area contributed by atoms with E-state index >= 15 is 0 Å². The molecular weight excluding hydrogens is 382 g/mol. The van der Waals surface area contributed by atoms with Crippen LogP contribution in [0.1, 0.15) is 22.3 Å². The minimum atomic E-state index is -0.944. The summed E-state index contributed by atoms with van der Waals surface area (Å²) in [6.07, 6.45) is 0.0227. The summed E-state index contributed by atoms with van der Waals surface area (Å²) in [5, 5.41) is 5.13. The fraction of sp³-hybridized carbons (Fsp3) is 0.176. The maximum absolute atomic E-state index is 13.5. The number of hydrogen-bond acceptors (Lipinski definition) is 2. The zero-order valence-electron chi connectivity index (χ0n) is 12.8. The van der Waals surface area contributed by atoms with Crippen molar-refractivity contribution in [1.29, 1.82) is 0 Å². The van der Waals surface area contributed by atoms with Crippen molar-refractivity contribution in [2.45, 2.75) is 13.3 Å². The lowest BCUT2D eigenvalue weighted by molar-refractivity contribution is -0.116. The van der Waals surface area contributed by atoms with Gasteiger partial charge in [-0.1, -0.05) is 6.07 Å². The second-order valence-electron chi connectivity index (χ2n) is 5.16. The van der Waals surface area contributed by atoms with Crippen molar-refractivity contribution in [1.82, 2.24) is 5.32 Å². The Labute approximate surface area is 146 Å². The van der Waals surface area contributed by atoms with Gasteiger partial charge in [0.2, 0.25) is 5.91 Å². The Morgan fingerprint density at radius 1 is 1.12 bits per heavy atom. The molecule has 2 amide bonds. The van der Waals surface area contributed by atoms with E-state index in [9.17, 15) is 18.4 Å². The van der Waals surface area contributed by atoms with Gasteiger partial charge in [-0.2, -0.15) is 0 Å². The molecule has 0 saturated carbocycles. The minimum absolute atomic E-state index is 0.0227. The third kappa shape index (κ3) is 4.86. The molecule has 0 saturated heterocycles. The van der Waals surface area contributed by atoms with Crippen molar-refractivity contribution >= 4 is 33.4 Å². The lowest BCUT2D eigenvalue weighted by atomic mass is 10.2. The molecule has 0 spiro atoms. The van der Waals surface area contributed by atoms with Crippen molar-refractivity contribution in [3.8, 4) is 0 Å². The van der Waals surface area contributed by atoms with Crippen LogP contribution in [0.2, 0.25) is 0 Å². The van der Waals surface area contributed by atoms with Gasteiger partial charge in [-0.15, -0.1) is 0 Å². The van der Waals surface area contributed by atoms with Crippen LogP contribution >= 0.6 is 15.9 Å². The van der Waals surface area contributed by atoms with Gasteiger partial charge in [-0.25, -0.2) is 8.78 Å². The van der Waals surface area contributed by atoms with Gasteiger partial charge >= 0.3 is 0 Å². The van der Waals surface area contributed by atoms with Crippen LogP contribution in [0, 0.1) is 18.6 Å². The van der Waals surface area contributed by atoms with Crippen LogP contribution in [0.4, 0.5) is 14.5 Å². The van der Waals surface area contributed by atoms with Gasteiger partial charge in [0.05, 0.1) is 11.3 Å². The SMILES string of the molecule is Cc1ccc(NC(=O)CCNC(=O)c2ccc(F)cc2F)c(Br)c1. The standard InChI is InChI=1S/C17H15BrF2N2O2/c1-10-2-5-15(13(18)8-10)22-16(23)6-7-21-17(24)12-4-3-11(19)9-14(12)20/h2-5,8-9H,6-7H2,1H3,(H,21,24)(H,22,23). The van der Waals surface area contributed by atoms with Crippen LogP contribution in [0.5, 0.6) is 0 Å². The molecule has 126 valence electrons. The van der Waals surface area contributed by atoms with Gasteiger partial charge in [-0.3, -0.25) is 9.59 Å². The molecule has 4 nitrogen and oxygen atoms in total. The third-order valence-electron chi connectivity index (χ3n) is 3.21. The average Bonchev–Trinajstić information content (AvgIpc) is 2.50. The molecule has 0 heterocycles. The zero-order valence-corrected chi connectivity index (χ0v) is 14.4. The number of anilines is 1. The molecule has 0 bridgehead atoms. The Morgan fingerprint density at radius 3 is 2.54 bits per heavy atom. The topological polar surface area (TPSA) is 58.2 Å². The van der Waals surface area contributed by atoms with Crippen molar-refractivity contribution in [3.63, 3.8) is 0 Å². The Bertz CT molecular complexity index is 781. The highest BCUT2D eigenvalue weighted by molar-refractivity contribution is 9.10. The van der Waals surface area contributed by atoms with E-state index in [1.165, 1.54) is 0 Å². The highest BCUT2D eigenvalue weighted by Crippen LogP contribution is 2.23. The lowest BCUT2D eigenvalue weighted by Crippen LogP contribution is -2.28.